The van der Waals surface area contributed by atoms with Crippen LogP contribution in [-0.2, 0) is 13.0 Å². The van der Waals surface area contributed by atoms with E-state index < -0.39 is 0 Å². The summed E-state index contributed by atoms with van der Waals surface area (Å²) < 4.78 is 0. The van der Waals surface area contributed by atoms with Gasteiger partial charge in [0.1, 0.15) is 0 Å². The second-order valence-corrected chi connectivity index (χ2v) is 4.90. The molecular weight excluding hydrogens is 230 g/mol. The molecule has 2 heteroatoms. The molecule has 0 aliphatic carbocycles. The van der Waals surface area contributed by atoms with E-state index in [4.69, 9.17) is 11.6 Å². The van der Waals surface area contributed by atoms with Crippen molar-refractivity contribution in [3.8, 4) is 0 Å². The van der Waals surface area contributed by atoms with E-state index in [1.54, 1.807) is 0 Å². The summed E-state index contributed by atoms with van der Waals surface area (Å²) in [5.41, 5.74) is 4.08. The second-order valence-electron chi connectivity index (χ2n) is 4.46. The van der Waals surface area contributed by atoms with Gasteiger partial charge in [0.15, 0.2) is 0 Å². The molecule has 1 heterocycles. The lowest BCUT2D eigenvalue weighted by molar-refractivity contribution is 0.499. The Labute approximate surface area is 106 Å². The summed E-state index contributed by atoms with van der Waals surface area (Å²) in [5, 5.41) is 4.38. The molecule has 17 heavy (non-hydrogen) atoms. The zero-order valence-corrected chi connectivity index (χ0v) is 10.2. The van der Waals surface area contributed by atoms with Gasteiger partial charge in [0, 0.05) is 17.6 Å². The Hall–Kier alpha value is -1.31. The first-order valence-electron chi connectivity index (χ1n) is 5.88. The average molecular weight is 244 g/mol. The highest BCUT2D eigenvalue weighted by atomic mass is 35.5. The lowest BCUT2D eigenvalue weighted by atomic mass is 9.92. The molecule has 1 unspecified atom stereocenters. The van der Waals surface area contributed by atoms with E-state index in [1.807, 2.05) is 6.07 Å². The SMILES string of the molecule is Clc1ccc2c(c1)CNC(c1ccccc1)C2. The number of hydrogen-bond acceptors (Lipinski definition) is 1. The van der Waals surface area contributed by atoms with Gasteiger partial charge in [0.25, 0.3) is 0 Å². The molecule has 86 valence electrons. The van der Waals surface area contributed by atoms with Crippen molar-refractivity contribution >= 4 is 11.6 Å². The second kappa shape index (κ2) is 4.52. The molecule has 0 spiro atoms. The largest absolute Gasteiger partial charge is 0.306 e. The van der Waals surface area contributed by atoms with Crippen molar-refractivity contribution in [1.82, 2.24) is 5.32 Å². The van der Waals surface area contributed by atoms with Gasteiger partial charge in [-0.1, -0.05) is 48.0 Å². The zero-order chi connectivity index (χ0) is 11.7. The fourth-order valence-corrected chi connectivity index (χ4v) is 2.60. The number of nitrogens with one attached hydrogen (secondary N) is 1. The normalized spacial score (nSPS) is 18.8. The molecule has 1 nitrogen and oxygen atoms in total. The van der Waals surface area contributed by atoms with Gasteiger partial charge < -0.3 is 5.32 Å². The van der Waals surface area contributed by atoms with Crippen LogP contribution in [0.1, 0.15) is 22.7 Å². The van der Waals surface area contributed by atoms with E-state index in [0.717, 1.165) is 18.0 Å². The molecule has 1 aliphatic heterocycles. The zero-order valence-electron chi connectivity index (χ0n) is 9.49. The highest BCUT2D eigenvalue weighted by Gasteiger charge is 2.18. The summed E-state index contributed by atoms with van der Waals surface area (Å²) in [7, 11) is 0. The van der Waals surface area contributed by atoms with Crippen molar-refractivity contribution in [2.24, 2.45) is 0 Å². The van der Waals surface area contributed by atoms with Crippen LogP contribution in [0.2, 0.25) is 5.02 Å². The van der Waals surface area contributed by atoms with Crippen molar-refractivity contribution in [3.05, 3.63) is 70.2 Å². The summed E-state index contributed by atoms with van der Waals surface area (Å²) in [5.74, 6) is 0. The molecule has 1 aliphatic rings. The van der Waals surface area contributed by atoms with E-state index in [-0.39, 0.29) is 0 Å². The third-order valence-electron chi connectivity index (χ3n) is 3.33. The van der Waals surface area contributed by atoms with Crippen molar-refractivity contribution < 1.29 is 0 Å². The maximum atomic E-state index is 6.00. The summed E-state index contributed by atoms with van der Waals surface area (Å²) in [6, 6.07) is 17.2. The van der Waals surface area contributed by atoms with Crippen molar-refractivity contribution in [2.75, 3.05) is 0 Å². The van der Waals surface area contributed by atoms with Crippen LogP contribution in [0.3, 0.4) is 0 Å². The van der Waals surface area contributed by atoms with Gasteiger partial charge in [-0.3, -0.25) is 0 Å². The first-order chi connectivity index (χ1) is 8.33. The fraction of sp³-hybridized carbons (Fsp3) is 0.200. The minimum atomic E-state index is 0.421. The Kier molecular flexibility index (Phi) is 2.87. The van der Waals surface area contributed by atoms with Crippen LogP contribution < -0.4 is 5.32 Å². The predicted molar refractivity (Wildman–Crippen MR) is 71.2 cm³/mol. The number of rotatable bonds is 1. The van der Waals surface area contributed by atoms with E-state index >= 15 is 0 Å². The standard InChI is InChI=1S/C15H14ClN/c16-14-7-6-12-9-15(17-10-13(12)8-14)11-4-2-1-3-5-11/h1-8,15,17H,9-10H2. The molecule has 0 saturated carbocycles. The van der Waals surface area contributed by atoms with Crippen molar-refractivity contribution in [1.29, 1.82) is 0 Å². The topological polar surface area (TPSA) is 12.0 Å². The van der Waals surface area contributed by atoms with Gasteiger partial charge in [0.2, 0.25) is 0 Å². The van der Waals surface area contributed by atoms with Gasteiger partial charge in [-0.05, 0) is 35.2 Å². The van der Waals surface area contributed by atoms with E-state index in [0.29, 0.717) is 6.04 Å². The van der Waals surface area contributed by atoms with E-state index in [9.17, 15) is 0 Å². The summed E-state index contributed by atoms with van der Waals surface area (Å²) >= 11 is 6.00. The number of hydrogen-bond donors (Lipinski definition) is 1. The van der Waals surface area contributed by atoms with Gasteiger partial charge >= 0.3 is 0 Å². The number of fused-ring (bicyclic) bond motifs is 1. The van der Waals surface area contributed by atoms with Crippen LogP contribution in [0.4, 0.5) is 0 Å². The molecule has 0 aromatic heterocycles. The fourth-order valence-electron chi connectivity index (χ4n) is 2.40. The molecule has 0 saturated heterocycles. The highest BCUT2D eigenvalue weighted by Crippen LogP contribution is 2.27. The minimum Gasteiger partial charge on any atom is -0.306 e. The molecule has 0 bridgehead atoms. The Bertz CT molecular complexity index is 522. The maximum Gasteiger partial charge on any atom is 0.0409 e. The Morgan fingerprint density at radius 1 is 1.00 bits per heavy atom. The number of halogens is 1. The van der Waals surface area contributed by atoms with Crippen molar-refractivity contribution in [3.63, 3.8) is 0 Å². The summed E-state index contributed by atoms with van der Waals surface area (Å²) in [4.78, 5) is 0. The predicted octanol–water partition coefficient (Wildman–Crippen LogP) is 3.73. The quantitative estimate of drug-likeness (QED) is 0.805. The lowest BCUT2D eigenvalue weighted by Gasteiger charge is -2.26. The minimum absolute atomic E-state index is 0.421. The molecule has 1 N–H and O–H groups in total. The van der Waals surface area contributed by atoms with Crippen LogP contribution in [-0.4, -0.2) is 0 Å². The van der Waals surface area contributed by atoms with Crippen LogP contribution in [0, 0.1) is 0 Å². The summed E-state index contributed by atoms with van der Waals surface area (Å²) in [6.45, 7) is 0.898. The molecule has 0 fully saturated rings. The Morgan fingerprint density at radius 3 is 2.65 bits per heavy atom. The van der Waals surface area contributed by atoms with Crippen LogP contribution >= 0.6 is 11.6 Å². The van der Waals surface area contributed by atoms with Gasteiger partial charge in [-0.2, -0.15) is 0 Å². The van der Waals surface area contributed by atoms with Crippen LogP contribution in [0.25, 0.3) is 0 Å². The van der Waals surface area contributed by atoms with E-state index in [2.05, 4.69) is 47.8 Å². The third kappa shape index (κ3) is 2.21. The van der Waals surface area contributed by atoms with Gasteiger partial charge in [-0.25, -0.2) is 0 Å². The first kappa shape index (κ1) is 10.8. The lowest BCUT2D eigenvalue weighted by Crippen LogP contribution is -2.28. The molecule has 1 atom stereocenters. The van der Waals surface area contributed by atoms with E-state index in [1.165, 1.54) is 16.7 Å². The molecule has 0 radical (unpaired) electrons. The molecule has 0 amide bonds. The van der Waals surface area contributed by atoms with Crippen LogP contribution in [0.15, 0.2) is 48.5 Å². The first-order valence-corrected chi connectivity index (χ1v) is 6.26. The molecular formula is C15H14ClN. The van der Waals surface area contributed by atoms with Gasteiger partial charge in [0.05, 0.1) is 0 Å². The van der Waals surface area contributed by atoms with Crippen molar-refractivity contribution in [2.45, 2.75) is 19.0 Å². The average Bonchev–Trinajstić information content (AvgIpc) is 2.39. The number of benzene rings is 2. The highest BCUT2D eigenvalue weighted by molar-refractivity contribution is 6.30. The van der Waals surface area contributed by atoms with Crippen LogP contribution in [0.5, 0.6) is 0 Å². The maximum absolute atomic E-state index is 6.00. The Balaban J connectivity index is 1.88. The molecule has 2 aromatic rings. The molecule has 3 rings (SSSR count). The Morgan fingerprint density at radius 2 is 1.82 bits per heavy atom. The third-order valence-corrected chi connectivity index (χ3v) is 3.57. The molecule has 2 aromatic carbocycles. The monoisotopic (exact) mass is 243 g/mol. The summed E-state index contributed by atoms with van der Waals surface area (Å²) in [6.07, 6.45) is 1.04. The smallest absolute Gasteiger partial charge is 0.0409 e. The van der Waals surface area contributed by atoms with Gasteiger partial charge in [-0.15, -0.1) is 0 Å².